The summed E-state index contributed by atoms with van der Waals surface area (Å²) in [6, 6.07) is 6.61. The molecule has 12 nitrogen and oxygen atoms in total. The van der Waals surface area contributed by atoms with Gasteiger partial charge in [-0.3, -0.25) is 19.2 Å². The maximum Gasteiger partial charge on any atom is 0.327 e. The number of benzene rings is 1. The van der Waals surface area contributed by atoms with Crippen LogP contribution in [0.4, 0.5) is 0 Å². The number of hydroxylamine groups is 2. The van der Waals surface area contributed by atoms with E-state index in [-0.39, 0.29) is 48.9 Å². The number of fused-ring (bicyclic) bond motifs is 6. The molecule has 9 rings (SSSR count). The molecule has 8 aliphatic rings. The Balaban J connectivity index is 1.07. The lowest BCUT2D eigenvalue weighted by atomic mass is 9.52. The van der Waals surface area contributed by atoms with E-state index in [9.17, 15) is 14.7 Å². The van der Waals surface area contributed by atoms with E-state index in [1.807, 2.05) is 6.07 Å². The normalized spacial score (nSPS) is 38.7. The maximum atomic E-state index is 15.6. The molecule has 2 N–H and O–H groups in total. The Morgan fingerprint density at radius 3 is 2.44 bits per heavy atom. The topological polar surface area (TPSA) is 139 Å². The van der Waals surface area contributed by atoms with E-state index in [1.54, 1.807) is 9.96 Å². The number of carbonyl (C=O) groups excluding carboxylic acids is 3. The number of aliphatic hydroxyl groups is 1. The number of hydrogen-bond donors (Lipinski definition) is 2. The molecular weight excluding hydrogens is 775 g/mol. The molecule has 2 bridgehead atoms. The van der Waals surface area contributed by atoms with Crippen molar-refractivity contribution >= 4 is 23.9 Å². The number of esters is 1. The number of hydrogen-bond acceptors (Lipinski definition) is 10. The summed E-state index contributed by atoms with van der Waals surface area (Å²) < 4.78 is 26.8. The molecule has 5 saturated heterocycles. The van der Waals surface area contributed by atoms with Gasteiger partial charge in [0.2, 0.25) is 11.8 Å². The van der Waals surface area contributed by atoms with Crippen LogP contribution in [0.5, 0.6) is 0 Å². The van der Waals surface area contributed by atoms with Gasteiger partial charge in [0, 0.05) is 32.4 Å². The molecule has 3 aliphatic carbocycles. The molecule has 3 saturated carbocycles. The zero-order valence-corrected chi connectivity index (χ0v) is 37.3. The number of ether oxygens (including phenoxy) is 4. The second-order valence-corrected chi connectivity index (χ2v) is 20.7. The summed E-state index contributed by atoms with van der Waals surface area (Å²) in [5, 5.41) is 14.0. The van der Waals surface area contributed by atoms with Crippen LogP contribution in [-0.2, 0) is 44.7 Å². The van der Waals surface area contributed by atoms with Crippen molar-refractivity contribution in [2.45, 2.75) is 198 Å². The van der Waals surface area contributed by atoms with Crippen molar-refractivity contribution in [1.29, 1.82) is 0 Å². The van der Waals surface area contributed by atoms with Crippen molar-refractivity contribution in [1.82, 2.24) is 15.3 Å². The summed E-state index contributed by atoms with van der Waals surface area (Å²) in [5.41, 5.74) is 2.50. The molecular formula is C49H71N3O9. The highest BCUT2D eigenvalue weighted by Gasteiger charge is 2.77. The van der Waals surface area contributed by atoms with E-state index >= 15 is 4.79 Å². The molecule has 11 atom stereocenters. The first-order valence-corrected chi connectivity index (χ1v) is 24.0. The van der Waals surface area contributed by atoms with Crippen LogP contribution in [0.25, 0.3) is 6.08 Å². The van der Waals surface area contributed by atoms with E-state index in [2.05, 4.69) is 64.2 Å². The lowest BCUT2D eigenvalue weighted by Crippen LogP contribution is -2.70. The summed E-state index contributed by atoms with van der Waals surface area (Å²) in [5.74, 6) is -0.799. The first-order valence-electron chi connectivity index (χ1n) is 24.0. The number of aliphatic hydroxyl groups excluding tert-OH is 1. The number of likely N-dealkylation sites (tertiary alicyclic amines) is 1. The van der Waals surface area contributed by atoms with Crippen LogP contribution < -0.4 is 5.32 Å². The molecule has 0 spiro atoms. The predicted octanol–water partition coefficient (Wildman–Crippen LogP) is 7.00. The van der Waals surface area contributed by atoms with Crippen molar-refractivity contribution in [3.8, 4) is 0 Å². The third-order valence-corrected chi connectivity index (χ3v) is 16.3. The molecule has 61 heavy (non-hydrogen) atoms. The Bertz CT molecular complexity index is 1840. The molecule has 2 amide bonds. The summed E-state index contributed by atoms with van der Waals surface area (Å²) in [6.07, 6.45) is 14.3. The fourth-order valence-corrected chi connectivity index (χ4v) is 12.9. The highest BCUT2D eigenvalue weighted by Crippen LogP contribution is 2.61. The standard InChI is InChI=1S/C49H71N3O9/c1-6-8-12-21-48(22-13-9-7-2)59-39-37-29-49(45(56)51-25-14-17-36(51)43(54)50-24-26-53)41(44(55)57-37)52(61-42(49)40(39)60-48)30-33-16-11-10-15-31(33)27-32-18-19-38-47(5,58-38)23-20-35-34(32)28-46(35,3)4/h10-11,15-16,27,34-42,53H,6-9,12-14,17-26,28-30H2,1-5H3,(H,50,54). The minimum atomic E-state index is -1.36. The lowest BCUT2D eigenvalue weighted by Gasteiger charge is -2.53. The first kappa shape index (κ1) is 43.4. The van der Waals surface area contributed by atoms with Crippen LogP contribution in [0.3, 0.4) is 0 Å². The second kappa shape index (κ2) is 16.9. The SMILES string of the molecule is CCCCCC1(CCCCC)OC2C3CC4(C(=O)N5CCCC5C(=O)NCCO)C(ON(Cc5ccccc5C=C5CCC6OC6(C)CCC6C5CC6(C)C)C4C(=O)O3)C2O1. The lowest BCUT2D eigenvalue weighted by molar-refractivity contribution is -0.225. The molecule has 12 heteroatoms. The van der Waals surface area contributed by atoms with Gasteiger partial charge in [0.15, 0.2) is 11.8 Å². The minimum absolute atomic E-state index is 0.00449. The summed E-state index contributed by atoms with van der Waals surface area (Å²) >= 11 is 0. The Morgan fingerprint density at radius 1 is 0.951 bits per heavy atom. The average molecular weight is 846 g/mol. The number of unbranched alkanes of at least 4 members (excludes halogenated alkanes) is 4. The smallest absolute Gasteiger partial charge is 0.327 e. The molecule has 11 unspecified atom stereocenters. The number of nitrogens with one attached hydrogen (secondary N) is 1. The highest BCUT2D eigenvalue weighted by atomic mass is 16.8. The number of carbonyl (C=O) groups is 3. The van der Waals surface area contributed by atoms with Crippen molar-refractivity contribution < 1.29 is 43.3 Å². The molecule has 336 valence electrons. The molecule has 5 heterocycles. The minimum Gasteiger partial charge on any atom is -0.458 e. The Labute approximate surface area is 362 Å². The van der Waals surface area contributed by atoms with Gasteiger partial charge < -0.3 is 34.3 Å². The van der Waals surface area contributed by atoms with E-state index in [4.69, 9.17) is 23.8 Å². The van der Waals surface area contributed by atoms with E-state index in [0.29, 0.717) is 50.2 Å². The van der Waals surface area contributed by atoms with E-state index in [1.165, 1.54) is 18.4 Å². The summed E-state index contributed by atoms with van der Waals surface area (Å²) in [7, 11) is 0. The molecule has 5 aliphatic heterocycles. The summed E-state index contributed by atoms with van der Waals surface area (Å²) in [4.78, 5) is 52.5. The largest absolute Gasteiger partial charge is 0.458 e. The van der Waals surface area contributed by atoms with Gasteiger partial charge in [0.05, 0.1) is 24.9 Å². The van der Waals surface area contributed by atoms with Crippen molar-refractivity contribution in [2.24, 2.45) is 22.7 Å². The molecule has 1 aromatic rings. The zero-order chi connectivity index (χ0) is 42.7. The quantitative estimate of drug-likeness (QED) is 0.108. The van der Waals surface area contributed by atoms with Crippen molar-refractivity contribution in [2.75, 3.05) is 19.7 Å². The van der Waals surface area contributed by atoms with Gasteiger partial charge in [-0.1, -0.05) is 89.3 Å². The van der Waals surface area contributed by atoms with Crippen LogP contribution in [0.2, 0.25) is 0 Å². The number of rotatable bonds is 15. The molecule has 0 aromatic heterocycles. The number of allylic oxidation sites excluding steroid dienone is 1. The number of amides is 2. The molecule has 8 fully saturated rings. The van der Waals surface area contributed by atoms with Crippen molar-refractivity contribution in [3.05, 3.63) is 41.0 Å². The van der Waals surface area contributed by atoms with Crippen LogP contribution in [0.1, 0.15) is 148 Å². The van der Waals surface area contributed by atoms with Gasteiger partial charge in [-0.05, 0) is 93.1 Å². The van der Waals surface area contributed by atoms with Gasteiger partial charge in [-0.15, -0.1) is 0 Å². The maximum absolute atomic E-state index is 15.6. The third-order valence-electron chi connectivity index (χ3n) is 16.3. The van der Waals surface area contributed by atoms with Gasteiger partial charge in [-0.2, -0.15) is 5.06 Å². The molecule has 0 radical (unpaired) electrons. The van der Waals surface area contributed by atoms with Crippen LogP contribution in [0.15, 0.2) is 29.8 Å². The first-order chi connectivity index (χ1) is 29.4. The van der Waals surface area contributed by atoms with Crippen LogP contribution in [-0.4, -0.2) is 107 Å². The average Bonchev–Trinajstić information content (AvgIpc) is 3.62. The third kappa shape index (κ3) is 7.70. The van der Waals surface area contributed by atoms with Gasteiger partial charge in [0.1, 0.15) is 35.9 Å². The second-order valence-electron chi connectivity index (χ2n) is 20.7. The number of nitrogens with zero attached hydrogens (tertiary/aromatic N) is 2. The Morgan fingerprint density at radius 2 is 1.70 bits per heavy atom. The monoisotopic (exact) mass is 846 g/mol. The van der Waals surface area contributed by atoms with E-state index < -0.39 is 53.7 Å². The van der Waals surface area contributed by atoms with Gasteiger partial charge in [0.25, 0.3) is 0 Å². The number of epoxide rings is 1. The molecule has 1 aromatic carbocycles. The van der Waals surface area contributed by atoms with Gasteiger partial charge in [-0.25, -0.2) is 0 Å². The van der Waals surface area contributed by atoms with Gasteiger partial charge >= 0.3 is 5.97 Å². The Kier molecular flexibility index (Phi) is 12.0. The van der Waals surface area contributed by atoms with E-state index in [0.717, 1.165) is 68.9 Å². The van der Waals surface area contributed by atoms with Crippen molar-refractivity contribution in [3.63, 3.8) is 0 Å². The summed E-state index contributed by atoms with van der Waals surface area (Å²) in [6.45, 7) is 12.0. The van der Waals surface area contributed by atoms with Crippen LogP contribution in [0, 0.1) is 22.7 Å². The van der Waals surface area contributed by atoms with Crippen LogP contribution >= 0.6 is 0 Å². The fourth-order valence-electron chi connectivity index (χ4n) is 12.9. The highest BCUT2D eigenvalue weighted by molar-refractivity contribution is 5.96. The Hall–Kier alpha value is -2.87. The zero-order valence-electron chi connectivity index (χ0n) is 37.3. The fraction of sp³-hybridized carbons (Fsp3) is 0.776. The predicted molar refractivity (Wildman–Crippen MR) is 228 cm³/mol.